The molecule has 1 aromatic carbocycles. The molecule has 16 heavy (non-hydrogen) atoms. The van der Waals surface area contributed by atoms with Crippen molar-refractivity contribution < 1.29 is 0 Å². The van der Waals surface area contributed by atoms with Crippen LogP contribution in [0, 0.1) is 0 Å². The highest BCUT2D eigenvalue weighted by Gasteiger charge is 2.15. The van der Waals surface area contributed by atoms with Gasteiger partial charge in [-0.1, -0.05) is 29.3 Å². The van der Waals surface area contributed by atoms with Crippen molar-refractivity contribution in [3.63, 3.8) is 0 Å². The van der Waals surface area contributed by atoms with Gasteiger partial charge >= 0.3 is 0 Å². The van der Waals surface area contributed by atoms with Gasteiger partial charge in [-0.2, -0.15) is 15.4 Å². The van der Waals surface area contributed by atoms with Crippen molar-refractivity contribution >= 4 is 23.2 Å². The van der Waals surface area contributed by atoms with Gasteiger partial charge in [0.05, 0.1) is 22.3 Å². The number of nitrogens with zero attached hydrogens (tertiary/aromatic N) is 2. The van der Waals surface area contributed by atoms with Crippen molar-refractivity contribution in [1.29, 1.82) is 0 Å². The molecule has 1 unspecified atom stereocenters. The van der Waals surface area contributed by atoms with Crippen molar-refractivity contribution in [2.45, 2.75) is 6.04 Å². The lowest BCUT2D eigenvalue weighted by Gasteiger charge is -2.13. The van der Waals surface area contributed by atoms with Crippen molar-refractivity contribution in [2.24, 2.45) is 5.84 Å². The molecule has 0 amide bonds. The van der Waals surface area contributed by atoms with Crippen LogP contribution in [0.15, 0.2) is 24.4 Å². The number of hydrogen-bond donors (Lipinski definition) is 3. The van der Waals surface area contributed by atoms with Crippen LogP contribution in [0.5, 0.6) is 0 Å². The van der Waals surface area contributed by atoms with Crippen LogP contribution in [0.25, 0.3) is 0 Å². The van der Waals surface area contributed by atoms with Crippen LogP contribution in [0.4, 0.5) is 0 Å². The monoisotopic (exact) mass is 257 g/mol. The molecule has 7 heteroatoms. The number of rotatable bonds is 3. The third kappa shape index (κ3) is 2.17. The summed E-state index contributed by atoms with van der Waals surface area (Å²) < 4.78 is 0. The average Bonchev–Trinajstić information content (AvgIpc) is 2.78. The lowest BCUT2D eigenvalue weighted by molar-refractivity contribution is 0.618. The second kappa shape index (κ2) is 4.80. The number of aromatic nitrogens is 3. The van der Waals surface area contributed by atoms with E-state index in [1.807, 2.05) is 6.07 Å². The summed E-state index contributed by atoms with van der Waals surface area (Å²) in [4.78, 5) is 0. The number of aromatic amines is 1. The van der Waals surface area contributed by atoms with Crippen molar-refractivity contribution in [1.82, 2.24) is 20.8 Å². The molecule has 4 N–H and O–H groups in total. The molecule has 5 nitrogen and oxygen atoms in total. The predicted octanol–water partition coefficient (Wildman–Crippen LogP) is 1.66. The Morgan fingerprint density at radius 2 is 2.12 bits per heavy atom. The van der Waals surface area contributed by atoms with Crippen molar-refractivity contribution in [2.75, 3.05) is 0 Å². The predicted molar refractivity (Wildman–Crippen MR) is 62.0 cm³/mol. The van der Waals surface area contributed by atoms with Crippen LogP contribution < -0.4 is 11.3 Å². The number of halogens is 2. The van der Waals surface area contributed by atoms with Gasteiger partial charge in [-0.15, -0.1) is 0 Å². The molecule has 0 bridgehead atoms. The second-order valence-corrected chi connectivity index (χ2v) is 3.98. The lowest BCUT2D eigenvalue weighted by Crippen LogP contribution is -2.29. The minimum atomic E-state index is -0.270. The SMILES string of the molecule is NNC(c1ccc(Cl)c(Cl)c1)c1cn[nH]n1. The largest absolute Gasteiger partial charge is 0.271 e. The van der Waals surface area contributed by atoms with Crippen LogP contribution in [0.1, 0.15) is 17.3 Å². The van der Waals surface area contributed by atoms with E-state index in [1.165, 1.54) is 0 Å². The summed E-state index contributed by atoms with van der Waals surface area (Å²) in [6.45, 7) is 0. The quantitative estimate of drug-likeness (QED) is 0.577. The maximum Gasteiger partial charge on any atom is 0.105 e. The second-order valence-electron chi connectivity index (χ2n) is 3.17. The van der Waals surface area contributed by atoms with Crippen LogP contribution in [0.2, 0.25) is 10.0 Å². The molecular formula is C9H9Cl2N5. The summed E-state index contributed by atoms with van der Waals surface area (Å²) >= 11 is 11.8. The Hall–Kier alpha value is -1.14. The number of hydrogen-bond acceptors (Lipinski definition) is 4. The highest BCUT2D eigenvalue weighted by atomic mass is 35.5. The molecule has 1 aromatic heterocycles. The maximum absolute atomic E-state index is 5.93. The molecule has 2 aromatic rings. The molecular weight excluding hydrogens is 249 g/mol. The summed E-state index contributed by atoms with van der Waals surface area (Å²) in [7, 11) is 0. The van der Waals surface area contributed by atoms with E-state index in [0.29, 0.717) is 15.7 Å². The Bertz CT molecular complexity index is 471. The van der Waals surface area contributed by atoms with E-state index in [1.54, 1.807) is 18.3 Å². The van der Waals surface area contributed by atoms with E-state index in [-0.39, 0.29) is 6.04 Å². The van der Waals surface area contributed by atoms with Gasteiger partial charge in [0.1, 0.15) is 5.69 Å². The van der Waals surface area contributed by atoms with Gasteiger partial charge in [0.25, 0.3) is 0 Å². The van der Waals surface area contributed by atoms with Crippen molar-refractivity contribution in [3.8, 4) is 0 Å². The molecule has 0 spiro atoms. The van der Waals surface area contributed by atoms with Gasteiger partial charge < -0.3 is 0 Å². The molecule has 84 valence electrons. The van der Waals surface area contributed by atoms with Gasteiger partial charge in [0, 0.05) is 0 Å². The smallest absolute Gasteiger partial charge is 0.105 e. The molecule has 1 heterocycles. The summed E-state index contributed by atoms with van der Waals surface area (Å²) in [6.07, 6.45) is 1.59. The molecule has 1 atom stereocenters. The summed E-state index contributed by atoms with van der Waals surface area (Å²) in [5.74, 6) is 5.48. The minimum Gasteiger partial charge on any atom is -0.271 e. The van der Waals surface area contributed by atoms with Gasteiger partial charge in [-0.25, -0.2) is 5.43 Å². The minimum absolute atomic E-state index is 0.270. The van der Waals surface area contributed by atoms with Gasteiger partial charge in [0.2, 0.25) is 0 Å². The molecule has 0 aliphatic carbocycles. The fraction of sp³-hybridized carbons (Fsp3) is 0.111. The number of hydrazine groups is 1. The van der Waals surface area contributed by atoms with Gasteiger partial charge in [-0.3, -0.25) is 5.84 Å². The Morgan fingerprint density at radius 1 is 1.31 bits per heavy atom. The van der Waals surface area contributed by atoms with E-state index in [4.69, 9.17) is 29.0 Å². The number of nitrogens with two attached hydrogens (primary N) is 1. The fourth-order valence-corrected chi connectivity index (χ4v) is 1.70. The maximum atomic E-state index is 5.93. The van der Waals surface area contributed by atoms with Gasteiger partial charge in [-0.05, 0) is 17.7 Å². The summed E-state index contributed by atoms with van der Waals surface area (Å²) in [6, 6.07) is 5.01. The number of benzene rings is 1. The number of H-pyrrole nitrogens is 1. The highest BCUT2D eigenvalue weighted by Crippen LogP contribution is 2.27. The molecule has 0 saturated carbocycles. The molecule has 0 aliphatic rings. The van der Waals surface area contributed by atoms with E-state index >= 15 is 0 Å². The Balaban J connectivity index is 2.37. The first-order valence-electron chi connectivity index (χ1n) is 4.49. The molecule has 2 rings (SSSR count). The van der Waals surface area contributed by atoms with Crippen LogP contribution in [0.3, 0.4) is 0 Å². The first-order chi connectivity index (χ1) is 7.72. The Kier molecular flexibility index (Phi) is 3.40. The third-order valence-electron chi connectivity index (χ3n) is 2.17. The summed E-state index contributed by atoms with van der Waals surface area (Å²) in [5, 5.41) is 11.2. The zero-order valence-electron chi connectivity index (χ0n) is 8.11. The number of nitrogens with one attached hydrogen (secondary N) is 2. The van der Waals surface area contributed by atoms with Crippen molar-refractivity contribution in [3.05, 3.63) is 45.7 Å². The first kappa shape index (κ1) is 11.3. The van der Waals surface area contributed by atoms with Gasteiger partial charge in [0.15, 0.2) is 0 Å². The molecule has 0 aliphatic heterocycles. The normalized spacial score (nSPS) is 12.7. The summed E-state index contributed by atoms with van der Waals surface area (Å²) in [5.41, 5.74) is 4.19. The zero-order chi connectivity index (χ0) is 11.5. The Labute approximate surface area is 102 Å². The van der Waals surface area contributed by atoms with E-state index in [0.717, 1.165) is 5.56 Å². The van der Waals surface area contributed by atoms with Crippen LogP contribution in [-0.2, 0) is 0 Å². The Morgan fingerprint density at radius 3 is 2.69 bits per heavy atom. The highest BCUT2D eigenvalue weighted by molar-refractivity contribution is 6.42. The first-order valence-corrected chi connectivity index (χ1v) is 5.24. The van der Waals surface area contributed by atoms with E-state index in [9.17, 15) is 0 Å². The van der Waals surface area contributed by atoms with E-state index in [2.05, 4.69) is 20.8 Å². The topological polar surface area (TPSA) is 79.6 Å². The molecule has 0 radical (unpaired) electrons. The lowest BCUT2D eigenvalue weighted by atomic mass is 10.1. The molecule has 0 fully saturated rings. The standard InChI is InChI=1S/C9H9Cl2N5/c10-6-2-1-5(3-7(6)11)9(14-12)8-4-13-16-15-8/h1-4,9,14H,12H2,(H,13,15,16). The van der Waals surface area contributed by atoms with Crippen LogP contribution >= 0.6 is 23.2 Å². The zero-order valence-corrected chi connectivity index (χ0v) is 9.63. The van der Waals surface area contributed by atoms with Crippen LogP contribution in [-0.4, -0.2) is 15.4 Å². The molecule has 0 saturated heterocycles. The fourth-order valence-electron chi connectivity index (χ4n) is 1.39. The average molecular weight is 258 g/mol. The van der Waals surface area contributed by atoms with E-state index < -0.39 is 0 Å². The third-order valence-corrected chi connectivity index (χ3v) is 2.91.